The van der Waals surface area contributed by atoms with Crippen LogP contribution in [0.15, 0.2) is 0 Å². The summed E-state index contributed by atoms with van der Waals surface area (Å²) in [5.74, 6) is 0. The minimum Gasteiger partial charge on any atom is -0.392 e. The summed E-state index contributed by atoms with van der Waals surface area (Å²) in [6, 6.07) is 0. The molecule has 2 atom stereocenters. The van der Waals surface area contributed by atoms with E-state index in [0.717, 1.165) is 19.3 Å². The van der Waals surface area contributed by atoms with E-state index in [2.05, 4.69) is 26.5 Å². The Morgan fingerprint density at radius 3 is 1.68 bits per heavy atom. The molecule has 0 aromatic heterocycles. The third-order valence-electron chi connectivity index (χ3n) is 4.26. The molecule has 1 N–H and O–H groups in total. The topological polar surface area (TPSA) is 20.2 Å². The van der Waals surface area contributed by atoms with Crippen molar-refractivity contribution in [2.24, 2.45) is 0 Å². The SMILES string of the molecule is CCCCCCCCCCCCC(O)C(C)(S)CC. The average Bonchev–Trinajstić information content (AvgIpc) is 2.40. The van der Waals surface area contributed by atoms with Gasteiger partial charge in [0.2, 0.25) is 0 Å². The average molecular weight is 289 g/mol. The predicted molar refractivity (Wildman–Crippen MR) is 90.1 cm³/mol. The van der Waals surface area contributed by atoms with Gasteiger partial charge in [-0.05, 0) is 19.8 Å². The van der Waals surface area contributed by atoms with Crippen molar-refractivity contribution in [3.63, 3.8) is 0 Å². The first-order valence-corrected chi connectivity index (χ1v) is 8.89. The van der Waals surface area contributed by atoms with Gasteiger partial charge in [0, 0.05) is 4.75 Å². The van der Waals surface area contributed by atoms with Crippen LogP contribution in [0.1, 0.15) is 97.8 Å². The fourth-order valence-corrected chi connectivity index (χ4v) is 2.50. The molecule has 0 aliphatic rings. The largest absolute Gasteiger partial charge is 0.392 e. The van der Waals surface area contributed by atoms with Crippen molar-refractivity contribution in [1.29, 1.82) is 0 Å². The van der Waals surface area contributed by atoms with Gasteiger partial charge >= 0.3 is 0 Å². The Balaban J connectivity index is 3.27. The highest BCUT2D eigenvalue weighted by Gasteiger charge is 2.25. The molecule has 0 rings (SSSR count). The lowest BCUT2D eigenvalue weighted by Crippen LogP contribution is -2.32. The van der Waals surface area contributed by atoms with Crippen LogP contribution in [-0.2, 0) is 0 Å². The molecule has 0 aliphatic heterocycles. The molecule has 0 fully saturated rings. The Morgan fingerprint density at radius 2 is 1.26 bits per heavy atom. The Hall–Kier alpha value is 0.310. The van der Waals surface area contributed by atoms with Gasteiger partial charge in [-0.1, -0.05) is 78.1 Å². The molecule has 0 radical (unpaired) electrons. The third-order valence-corrected chi connectivity index (χ3v) is 4.88. The lowest BCUT2D eigenvalue weighted by molar-refractivity contribution is 0.121. The second kappa shape index (κ2) is 12.1. The van der Waals surface area contributed by atoms with E-state index in [1.54, 1.807) is 0 Å². The molecule has 2 unspecified atom stereocenters. The lowest BCUT2D eigenvalue weighted by atomic mass is 9.95. The molecular formula is C17H36OS. The molecule has 0 bridgehead atoms. The van der Waals surface area contributed by atoms with Gasteiger partial charge in [-0.25, -0.2) is 0 Å². The monoisotopic (exact) mass is 288 g/mol. The summed E-state index contributed by atoms with van der Waals surface area (Å²) in [5, 5.41) is 10.0. The maximum absolute atomic E-state index is 10.0. The zero-order valence-electron chi connectivity index (χ0n) is 13.5. The Morgan fingerprint density at radius 1 is 0.842 bits per heavy atom. The zero-order valence-corrected chi connectivity index (χ0v) is 14.4. The molecular weight excluding hydrogens is 252 g/mol. The van der Waals surface area contributed by atoms with Crippen LogP contribution in [0.4, 0.5) is 0 Å². The van der Waals surface area contributed by atoms with Gasteiger partial charge in [-0.3, -0.25) is 0 Å². The molecule has 0 heterocycles. The molecule has 0 spiro atoms. The highest BCUT2D eigenvalue weighted by molar-refractivity contribution is 7.81. The Bertz CT molecular complexity index is 192. The van der Waals surface area contributed by atoms with Crippen molar-refractivity contribution in [3.8, 4) is 0 Å². The summed E-state index contributed by atoms with van der Waals surface area (Å²) in [6.45, 7) is 6.40. The molecule has 0 saturated carbocycles. The Labute approximate surface area is 127 Å². The van der Waals surface area contributed by atoms with Gasteiger partial charge in [0.05, 0.1) is 6.10 Å². The first-order chi connectivity index (χ1) is 9.04. The molecule has 0 aliphatic carbocycles. The number of unbranched alkanes of at least 4 members (excludes halogenated alkanes) is 9. The minimum absolute atomic E-state index is 0.209. The van der Waals surface area contributed by atoms with Crippen LogP contribution in [0, 0.1) is 0 Å². The summed E-state index contributed by atoms with van der Waals surface area (Å²) < 4.78 is -0.209. The van der Waals surface area contributed by atoms with Gasteiger partial charge in [0.1, 0.15) is 0 Å². The minimum atomic E-state index is -0.255. The van der Waals surface area contributed by atoms with Crippen molar-refractivity contribution < 1.29 is 5.11 Å². The number of aliphatic hydroxyl groups excluding tert-OH is 1. The number of rotatable bonds is 13. The van der Waals surface area contributed by atoms with Crippen LogP contribution in [0.5, 0.6) is 0 Å². The third kappa shape index (κ3) is 10.7. The lowest BCUT2D eigenvalue weighted by Gasteiger charge is -2.28. The molecule has 116 valence electrons. The second-order valence-corrected chi connectivity index (χ2v) is 7.22. The molecule has 2 heteroatoms. The fraction of sp³-hybridized carbons (Fsp3) is 1.00. The van der Waals surface area contributed by atoms with E-state index < -0.39 is 0 Å². The summed E-state index contributed by atoms with van der Waals surface area (Å²) in [4.78, 5) is 0. The zero-order chi connectivity index (χ0) is 14.6. The van der Waals surface area contributed by atoms with Crippen LogP contribution in [0.2, 0.25) is 0 Å². The molecule has 0 saturated heterocycles. The van der Waals surface area contributed by atoms with Crippen LogP contribution in [0.3, 0.4) is 0 Å². The van der Waals surface area contributed by atoms with Crippen molar-refractivity contribution in [2.45, 2.75) is 109 Å². The van der Waals surface area contributed by atoms with Gasteiger partial charge in [-0.2, -0.15) is 12.6 Å². The summed E-state index contributed by atoms with van der Waals surface area (Å²) in [5.41, 5.74) is 0. The van der Waals surface area contributed by atoms with Crippen molar-refractivity contribution in [3.05, 3.63) is 0 Å². The molecule has 0 amide bonds. The van der Waals surface area contributed by atoms with Crippen LogP contribution >= 0.6 is 12.6 Å². The van der Waals surface area contributed by atoms with E-state index in [1.807, 2.05) is 6.92 Å². The van der Waals surface area contributed by atoms with Gasteiger partial charge in [0.25, 0.3) is 0 Å². The van der Waals surface area contributed by atoms with E-state index >= 15 is 0 Å². The summed E-state index contributed by atoms with van der Waals surface area (Å²) in [6.07, 6.45) is 15.1. The van der Waals surface area contributed by atoms with E-state index in [9.17, 15) is 5.11 Å². The second-order valence-electron chi connectivity index (χ2n) is 6.20. The van der Waals surface area contributed by atoms with E-state index in [1.165, 1.54) is 57.8 Å². The molecule has 0 aromatic rings. The predicted octanol–water partition coefficient (Wildman–Crippen LogP) is 5.76. The maximum atomic E-state index is 10.0. The first kappa shape index (κ1) is 19.3. The maximum Gasteiger partial charge on any atom is 0.0681 e. The highest BCUT2D eigenvalue weighted by atomic mass is 32.1. The smallest absolute Gasteiger partial charge is 0.0681 e. The van der Waals surface area contributed by atoms with Crippen LogP contribution in [-0.4, -0.2) is 16.0 Å². The quantitative estimate of drug-likeness (QED) is 0.326. The van der Waals surface area contributed by atoms with Gasteiger partial charge in [0.15, 0.2) is 0 Å². The van der Waals surface area contributed by atoms with Crippen LogP contribution < -0.4 is 0 Å². The normalized spacial score (nSPS) is 16.3. The molecule has 19 heavy (non-hydrogen) atoms. The number of thiol groups is 1. The highest BCUT2D eigenvalue weighted by Crippen LogP contribution is 2.26. The summed E-state index contributed by atoms with van der Waals surface area (Å²) in [7, 11) is 0. The Kier molecular flexibility index (Phi) is 12.3. The van der Waals surface area contributed by atoms with Gasteiger partial charge in [-0.15, -0.1) is 0 Å². The number of hydrogen-bond donors (Lipinski definition) is 2. The number of aliphatic hydroxyl groups is 1. The van der Waals surface area contributed by atoms with E-state index in [-0.39, 0.29) is 10.9 Å². The van der Waals surface area contributed by atoms with Crippen molar-refractivity contribution in [2.75, 3.05) is 0 Å². The summed E-state index contributed by atoms with van der Waals surface area (Å²) >= 11 is 4.53. The number of hydrogen-bond acceptors (Lipinski definition) is 2. The van der Waals surface area contributed by atoms with E-state index in [0.29, 0.717) is 0 Å². The molecule has 1 nitrogen and oxygen atoms in total. The van der Waals surface area contributed by atoms with Crippen molar-refractivity contribution in [1.82, 2.24) is 0 Å². The standard InChI is InChI=1S/C17H36OS/c1-4-6-7-8-9-10-11-12-13-14-15-16(18)17(3,19)5-2/h16,18-19H,4-15H2,1-3H3. The van der Waals surface area contributed by atoms with Crippen molar-refractivity contribution >= 4 is 12.6 Å². The fourth-order valence-electron chi connectivity index (χ4n) is 2.37. The van der Waals surface area contributed by atoms with Crippen LogP contribution in [0.25, 0.3) is 0 Å². The first-order valence-electron chi connectivity index (χ1n) is 8.45. The molecule has 0 aromatic carbocycles. The van der Waals surface area contributed by atoms with E-state index in [4.69, 9.17) is 0 Å². The van der Waals surface area contributed by atoms with Gasteiger partial charge < -0.3 is 5.11 Å².